The summed E-state index contributed by atoms with van der Waals surface area (Å²) < 4.78 is 5.37. The number of hydrogen-bond donors (Lipinski definition) is 2. The Bertz CT molecular complexity index is 1030. The highest BCUT2D eigenvalue weighted by Crippen LogP contribution is 2.47. The van der Waals surface area contributed by atoms with Crippen molar-refractivity contribution in [2.45, 2.75) is 16.2 Å². The molecule has 4 rings (SSSR count). The highest BCUT2D eigenvalue weighted by molar-refractivity contribution is 7.99. The molecule has 0 bridgehead atoms. The summed E-state index contributed by atoms with van der Waals surface area (Å²) in [5, 5.41) is 5.45. The van der Waals surface area contributed by atoms with E-state index in [0.29, 0.717) is 12.3 Å². The van der Waals surface area contributed by atoms with E-state index in [-0.39, 0.29) is 25.0 Å². The number of para-hydroxylation sites is 3. The topological polar surface area (TPSA) is 70.7 Å². The molecule has 6 nitrogen and oxygen atoms in total. The fourth-order valence-electron chi connectivity index (χ4n) is 3.45. The van der Waals surface area contributed by atoms with Crippen LogP contribution in [-0.2, 0) is 9.59 Å². The predicted molar refractivity (Wildman–Crippen MR) is 127 cm³/mol. The number of rotatable bonds is 9. The van der Waals surface area contributed by atoms with Gasteiger partial charge in [0.1, 0.15) is 5.75 Å². The highest BCUT2D eigenvalue weighted by atomic mass is 32.2. The first-order valence-corrected chi connectivity index (χ1v) is 11.4. The average Bonchev–Trinajstić information content (AvgIpc) is 2.84. The molecule has 164 valence electrons. The average molecular weight is 448 g/mol. The second-order valence-electron chi connectivity index (χ2n) is 7.27. The second-order valence-corrected chi connectivity index (χ2v) is 8.35. The van der Waals surface area contributed by atoms with Crippen LogP contribution in [0.15, 0.2) is 88.7 Å². The first-order valence-electron chi connectivity index (χ1n) is 10.6. The molecule has 7 heteroatoms. The van der Waals surface area contributed by atoms with E-state index < -0.39 is 0 Å². The van der Waals surface area contributed by atoms with Crippen LogP contribution < -0.4 is 20.3 Å². The lowest BCUT2D eigenvalue weighted by Gasteiger charge is -2.32. The second kappa shape index (κ2) is 10.7. The Hall–Kier alpha value is -3.45. The minimum atomic E-state index is -0.331. The van der Waals surface area contributed by atoms with Crippen molar-refractivity contribution < 1.29 is 14.3 Å². The Balaban J connectivity index is 1.20. The highest BCUT2D eigenvalue weighted by Gasteiger charge is 2.22. The van der Waals surface area contributed by atoms with E-state index in [2.05, 4.69) is 51.9 Å². The van der Waals surface area contributed by atoms with E-state index in [1.54, 1.807) is 23.9 Å². The molecule has 1 heterocycles. The summed E-state index contributed by atoms with van der Waals surface area (Å²) in [5.74, 6) is 0.0717. The Kier molecular flexibility index (Phi) is 7.30. The number of nitrogens with one attached hydrogen (secondary N) is 2. The number of anilines is 2. The molecule has 0 saturated heterocycles. The zero-order valence-electron chi connectivity index (χ0n) is 17.6. The van der Waals surface area contributed by atoms with E-state index in [9.17, 15) is 9.59 Å². The zero-order valence-corrected chi connectivity index (χ0v) is 18.4. The molecule has 1 aliphatic heterocycles. The normalized spacial score (nSPS) is 11.8. The molecule has 2 N–H and O–H groups in total. The molecule has 3 aromatic carbocycles. The van der Waals surface area contributed by atoms with Crippen LogP contribution in [0, 0.1) is 0 Å². The van der Waals surface area contributed by atoms with Crippen molar-refractivity contribution in [3.8, 4) is 5.75 Å². The van der Waals surface area contributed by atoms with Crippen LogP contribution >= 0.6 is 11.8 Å². The molecule has 0 saturated carbocycles. The van der Waals surface area contributed by atoms with Crippen LogP contribution in [0.4, 0.5) is 11.4 Å². The zero-order chi connectivity index (χ0) is 22.2. The van der Waals surface area contributed by atoms with Crippen molar-refractivity contribution in [3.63, 3.8) is 0 Å². The summed E-state index contributed by atoms with van der Waals surface area (Å²) in [6.07, 6.45) is 0.782. The molecule has 1 aliphatic rings. The Morgan fingerprint density at radius 3 is 2.09 bits per heavy atom. The summed E-state index contributed by atoms with van der Waals surface area (Å²) in [6.45, 7) is 1.13. The minimum Gasteiger partial charge on any atom is -0.484 e. The SMILES string of the molecule is O=C(CNC(=O)COc1ccccc1)NCCCN1c2ccccc2Sc2ccccc21. The fourth-order valence-corrected chi connectivity index (χ4v) is 4.54. The number of carbonyl (C=O) groups is 2. The molecule has 0 spiro atoms. The summed E-state index contributed by atoms with van der Waals surface area (Å²) in [4.78, 5) is 28.7. The van der Waals surface area contributed by atoms with Gasteiger partial charge in [-0.15, -0.1) is 0 Å². The first-order chi connectivity index (χ1) is 15.7. The molecule has 0 atom stereocenters. The summed E-state index contributed by atoms with van der Waals surface area (Å²) in [6, 6.07) is 25.8. The Labute approximate surface area is 192 Å². The monoisotopic (exact) mass is 447 g/mol. The predicted octanol–water partition coefficient (Wildman–Crippen LogP) is 3.99. The van der Waals surface area contributed by atoms with Crippen LogP contribution in [0.2, 0.25) is 0 Å². The van der Waals surface area contributed by atoms with Crippen LogP contribution in [0.5, 0.6) is 5.75 Å². The van der Waals surface area contributed by atoms with E-state index in [1.165, 1.54) is 21.2 Å². The minimum absolute atomic E-state index is 0.0665. The van der Waals surface area contributed by atoms with Crippen molar-refractivity contribution in [2.75, 3.05) is 31.1 Å². The van der Waals surface area contributed by atoms with E-state index in [0.717, 1.165) is 13.0 Å². The van der Waals surface area contributed by atoms with Crippen molar-refractivity contribution in [1.29, 1.82) is 0 Å². The number of amides is 2. The summed E-state index contributed by atoms with van der Waals surface area (Å²) in [7, 11) is 0. The summed E-state index contributed by atoms with van der Waals surface area (Å²) >= 11 is 1.78. The van der Waals surface area contributed by atoms with E-state index >= 15 is 0 Å². The third-order valence-corrected chi connectivity index (χ3v) is 6.10. The van der Waals surface area contributed by atoms with Gasteiger partial charge in [-0.25, -0.2) is 0 Å². The van der Waals surface area contributed by atoms with Crippen molar-refractivity contribution in [3.05, 3.63) is 78.9 Å². The maximum absolute atomic E-state index is 12.1. The van der Waals surface area contributed by atoms with Crippen LogP contribution in [0.3, 0.4) is 0 Å². The van der Waals surface area contributed by atoms with Gasteiger partial charge < -0.3 is 20.3 Å². The summed E-state index contributed by atoms with van der Waals surface area (Å²) in [5.41, 5.74) is 2.38. The largest absolute Gasteiger partial charge is 0.484 e. The van der Waals surface area contributed by atoms with E-state index in [4.69, 9.17) is 4.74 Å². The van der Waals surface area contributed by atoms with Gasteiger partial charge in [-0.1, -0.05) is 54.2 Å². The Morgan fingerprint density at radius 1 is 0.781 bits per heavy atom. The maximum atomic E-state index is 12.1. The molecule has 0 aromatic heterocycles. The fraction of sp³-hybridized carbons (Fsp3) is 0.200. The van der Waals surface area contributed by atoms with Gasteiger partial charge in [0.2, 0.25) is 5.91 Å². The standard InChI is InChI=1S/C25H25N3O3S/c29-24(17-27-25(30)18-31-19-9-2-1-3-10-19)26-15-8-16-28-20-11-4-6-13-22(20)32-23-14-7-5-12-21(23)28/h1-7,9-14H,8,15-18H2,(H,26,29)(H,27,30). The third-order valence-electron chi connectivity index (χ3n) is 4.97. The molecular weight excluding hydrogens is 422 g/mol. The van der Waals surface area contributed by atoms with Crippen LogP contribution in [-0.4, -0.2) is 38.1 Å². The Morgan fingerprint density at radius 2 is 1.41 bits per heavy atom. The molecule has 0 radical (unpaired) electrons. The number of hydrogen-bond acceptors (Lipinski definition) is 5. The van der Waals surface area contributed by atoms with Gasteiger partial charge in [-0.2, -0.15) is 0 Å². The van der Waals surface area contributed by atoms with Gasteiger partial charge >= 0.3 is 0 Å². The van der Waals surface area contributed by atoms with Gasteiger partial charge in [-0.3, -0.25) is 9.59 Å². The van der Waals surface area contributed by atoms with E-state index in [1.807, 2.05) is 30.3 Å². The molecule has 3 aromatic rings. The molecule has 0 fully saturated rings. The maximum Gasteiger partial charge on any atom is 0.258 e. The van der Waals surface area contributed by atoms with Crippen molar-refractivity contribution in [1.82, 2.24) is 10.6 Å². The lowest BCUT2D eigenvalue weighted by molar-refractivity contribution is -0.127. The smallest absolute Gasteiger partial charge is 0.258 e. The lowest BCUT2D eigenvalue weighted by atomic mass is 10.2. The van der Waals surface area contributed by atoms with Crippen LogP contribution in [0.1, 0.15) is 6.42 Å². The quantitative estimate of drug-likeness (QED) is 0.486. The molecule has 32 heavy (non-hydrogen) atoms. The molecular formula is C25H25N3O3S. The van der Waals surface area contributed by atoms with Crippen LogP contribution in [0.25, 0.3) is 0 Å². The van der Waals surface area contributed by atoms with Gasteiger partial charge in [0.15, 0.2) is 6.61 Å². The van der Waals surface area contributed by atoms with Gasteiger partial charge in [-0.05, 0) is 42.8 Å². The number of nitrogens with zero attached hydrogens (tertiary/aromatic N) is 1. The van der Waals surface area contributed by atoms with Gasteiger partial charge in [0, 0.05) is 22.9 Å². The number of fused-ring (bicyclic) bond motifs is 2. The third kappa shape index (κ3) is 5.62. The number of carbonyl (C=O) groups excluding carboxylic acids is 2. The first kappa shape index (κ1) is 21.8. The lowest BCUT2D eigenvalue weighted by Crippen LogP contribution is -2.39. The number of benzene rings is 3. The van der Waals surface area contributed by atoms with Crippen molar-refractivity contribution in [2.24, 2.45) is 0 Å². The molecule has 2 amide bonds. The van der Waals surface area contributed by atoms with Crippen molar-refractivity contribution >= 4 is 35.0 Å². The molecule has 0 unspecified atom stereocenters. The van der Waals surface area contributed by atoms with Gasteiger partial charge in [0.05, 0.1) is 17.9 Å². The molecule has 0 aliphatic carbocycles. The van der Waals surface area contributed by atoms with Gasteiger partial charge in [0.25, 0.3) is 5.91 Å². The number of ether oxygens (including phenoxy) is 1.